The molecule has 0 rings (SSSR count). The van der Waals surface area contributed by atoms with Gasteiger partial charge in [0.2, 0.25) is 6.29 Å². The molecule has 0 aliphatic heterocycles. The molecule has 1 atom stereocenters. The van der Waals surface area contributed by atoms with Crippen LogP contribution >= 0.6 is 0 Å². The summed E-state index contributed by atoms with van der Waals surface area (Å²) in [5.74, 6) is -0.552. The van der Waals surface area contributed by atoms with E-state index in [4.69, 9.17) is 28.8 Å². The van der Waals surface area contributed by atoms with Crippen LogP contribution in [0.1, 0.15) is 6.92 Å². The molecule has 0 aliphatic rings. The smallest absolute Gasteiger partial charge is 0.332 e. The van der Waals surface area contributed by atoms with Gasteiger partial charge in [0.15, 0.2) is 0 Å². The largest absolute Gasteiger partial charge is 0.430 e. The van der Waals surface area contributed by atoms with Crippen LogP contribution in [0.3, 0.4) is 0 Å². The fourth-order valence-electron chi connectivity index (χ4n) is 1.16. The summed E-state index contributed by atoms with van der Waals surface area (Å²) in [5.41, 5.74) is 0. The molecule has 0 aliphatic carbocycles. The van der Waals surface area contributed by atoms with Crippen molar-refractivity contribution < 1.29 is 33.6 Å². The number of carbonyl (C=O) groups is 1. The third kappa shape index (κ3) is 12.1. The van der Waals surface area contributed by atoms with Crippen molar-refractivity contribution in [3.05, 3.63) is 12.7 Å². The minimum absolute atomic E-state index is 0.00531. The summed E-state index contributed by atoms with van der Waals surface area (Å²) in [7, 11) is 0. The second-order valence-electron chi connectivity index (χ2n) is 3.55. The molecule has 0 aromatic heterocycles. The van der Waals surface area contributed by atoms with Crippen molar-refractivity contribution in [2.45, 2.75) is 13.2 Å². The zero-order chi connectivity index (χ0) is 15.1. The van der Waals surface area contributed by atoms with E-state index < -0.39 is 12.3 Å². The zero-order valence-corrected chi connectivity index (χ0v) is 11.9. The van der Waals surface area contributed by atoms with Crippen molar-refractivity contribution in [3.8, 4) is 0 Å². The van der Waals surface area contributed by atoms with Gasteiger partial charge in [0, 0.05) is 12.7 Å². The van der Waals surface area contributed by atoms with Gasteiger partial charge < -0.3 is 28.8 Å². The Balaban J connectivity index is 3.48. The van der Waals surface area contributed by atoms with Gasteiger partial charge in [-0.15, -0.1) is 0 Å². The summed E-state index contributed by atoms with van der Waals surface area (Å²) in [6, 6.07) is 0. The number of carbonyl (C=O) groups excluding carboxylic acids is 1. The number of hydrogen-bond donors (Lipinski definition) is 1. The first-order valence-corrected chi connectivity index (χ1v) is 6.53. The minimum atomic E-state index is -0.738. The Bertz CT molecular complexity index is 245. The summed E-state index contributed by atoms with van der Waals surface area (Å²) in [6.45, 7) is 7.59. The van der Waals surface area contributed by atoms with Gasteiger partial charge in [0.1, 0.15) is 6.61 Å². The second kappa shape index (κ2) is 14.4. The van der Waals surface area contributed by atoms with Crippen molar-refractivity contribution in [2.75, 3.05) is 52.9 Å². The van der Waals surface area contributed by atoms with E-state index in [2.05, 4.69) is 6.58 Å². The maximum atomic E-state index is 11.0. The molecule has 0 saturated carbocycles. The average Bonchev–Trinajstić information content (AvgIpc) is 2.45. The van der Waals surface area contributed by atoms with Crippen LogP contribution in [0, 0.1) is 0 Å². The molecule has 7 nitrogen and oxygen atoms in total. The fraction of sp³-hybridized carbons (Fsp3) is 0.769. The monoisotopic (exact) mass is 292 g/mol. The highest BCUT2D eigenvalue weighted by atomic mass is 16.7. The highest BCUT2D eigenvalue weighted by Crippen LogP contribution is 1.98. The first-order chi connectivity index (χ1) is 9.74. The quantitative estimate of drug-likeness (QED) is 0.211. The predicted octanol–water partition coefficient (Wildman–Crippen LogP) is 0.120. The van der Waals surface area contributed by atoms with E-state index in [9.17, 15) is 4.79 Å². The maximum Gasteiger partial charge on any atom is 0.332 e. The number of hydrogen-bond acceptors (Lipinski definition) is 7. The van der Waals surface area contributed by atoms with Gasteiger partial charge in [0.05, 0.1) is 39.6 Å². The van der Waals surface area contributed by atoms with Crippen molar-refractivity contribution in [3.63, 3.8) is 0 Å². The van der Waals surface area contributed by atoms with Crippen LogP contribution in [0.15, 0.2) is 12.7 Å². The molecule has 0 aromatic rings. The second-order valence-corrected chi connectivity index (χ2v) is 3.55. The molecule has 1 N–H and O–H groups in total. The predicted molar refractivity (Wildman–Crippen MR) is 71.2 cm³/mol. The standard InChI is InChI=1S/C13H24O7/c1-3-12(15)20-13(19-4-2)11-18-10-9-17-8-7-16-6-5-14/h3,13-14H,1,4-11H2,2H3. The normalized spacial score (nSPS) is 12.1. The van der Waals surface area contributed by atoms with Gasteiger partial charge in [0.25, 0.3) is 0 Å². The fourth-order valence-corrected chi connectivity index (χ4v) is 1.16. The lowest BCUT2D eigenvalue weighted by Crippen LogP contribution is -2.26. The Morgan fingerprint density at radius 1 is 1.15 bits per heavy atom. The molecule has 0 spiro atoms. The van der Waals surface area contributed by atoms with Crippen molar-refractivity contribution in [2.24, 2.45) is 0 Å². The van der Waals surface area contributed by atoms with Crippen molar-refractivity contribution in [1.29, 1.82) is 0 Å². The molecule has 1 unspecified atom stereocenters. The molecule has 0 bridgehead atoms. The first-order valence-electron chi connectivity index (χ1n) is 6.53. The summed E-state index contributed by atoms with van der Waals surface area (Å²) in [4.78, 5) is 11.0. The topological polar surface area (TPSA) is 83.5 Å². The Hall–Kier alpha value is -0.990. The first kappa shape index (κ1) is 19.0. The average molecular weight is 292 g/mol. The Labute approximate surface area is 119 Å². The van der Waals surface area contributed by atoms with E-state index in [1.165, 1.54) is 0 Å². The summed E-state index contributed by atoms with van der Waals surface area (Å²) in [6.07, 6.45) is 0.333. The van der Waals surface area contributed by atoms with Crippen LogP contribution < -0.4 is 0 Å². The highest BCUT2D eigenvalue weighted by molar-refractivity contribution is 5.81. The third-order valence-corrected chi connectivity index (χ3v) is 2.00. The van der Waals surface area contributed by atoms with Gasteiger partial charge in [-0.05, 0) is 6.92 Å². The number of esters is 1. The highest BCUT2D eigenvalue weighted by Gasteiger charge is 2.12. The molecule has 118 valence electrons. The van der Waals surface area contributed by atoms with E-state index in [0.29, 0.717) is 39.6 Å². The lowest BCUT2D eigenvalue weighted by molar-refractivity contribution is -0.185. The molecule has 0 radical (unpaired) electrons. The summed E-state index contributed by atoms with van der Waals surface area (Å²) < 4.78 is 25.6. The van der Waals surface area contributed by atoms with Crippen LogP contribution in [-0.2, 0) is 28.5 Å². The zero-order valence-electron chi connectivity index (χ0n) is 11.9. The van der Waals surface area contributed by atoms with Crippen LogP contribution in [0.2, 0.25) is 0 Å². The third-order valence-electron chi connectivity index (χ3n) is 2.00. The number of ether oxygens (including phenoxy) is 5. The molecule has 7 heteroatoms. The summed E-state index contributed by atoms with van der Waals surface area (Å²) >= 11 is 0. The Morgan fingerprint density at radius 2 is 1.75 bits per heavy atom. The molecule has 0 heterocycles. The van der Waals surface area contributed by atoms with E-state index in [-0.39, 0.29) is 13.2 Å². The number of aliphatic hydroxyl groups is 1. The SMILES string of the molecule is C=CC(=O)OC(COCCOCCOCCO)OCC. The molecule has 0 saturated heterocycles. The minimum Gasteiger partial charge on any atom is -0.430 e. The molecule has 0 amide bonds. The molecular weight excluding hydrogens is 268 g/mol. The van der Waals surface area contributed by atoms with Gasteiger partial charge >= 0.3 is 5.97 Å². The number of aliphatic hydroxyl groups excluding tert-OH is 1. The Morgan fingerprint density at radius 3 is 2.30 bits per heavy atom. The maximum absolute atomic E-state index is 11.0. The number of rotatable bonds is 14. The van der Waals surface area contributed by atoms with E-state index in [1.807, 2.05) is 0 Å². The van der Waals surface area contributed by atoms with E-state index in [1.54, 1.807) is 6.92 Å². The molecule has 0 aromatic carbocycles. The van der Waals surface area contributed by atoms with Gasteiger partial charge in [-0.1, -0.05) is 6.58 Å². The van der Waals surface area contributed by atoms with Crippen LogP contribution in [0.25, 0.3) is 0 Å². The van der Waals surface area contributed by atoms with Crippen LogP contribution in [0.4, 0.5) is 0 Å². The van der Waals surface area contributed by atoms with E-state index in [0.717, 1.165) is 6.08 Å². The summed E-state index contributed by atoms with van der Waals surface area (Å²) in [5, 5.41) is 8.48. The van der Waals surface area contributed by atoms with Crippen LogP contribution in [-0.4, -0.2) is 70.2 Å². The van der Waals surface area contributed by atoms with Crippen molar-refractivity contribution >= 4 is 5.97 Å². The Kier molecular flexibility index (Phi) is 13.7. The van der Waals surface area contributed by atoms with Gasteiger partial charge in [-0.2, -0.15) is 0 Å². The van der Waals surface area contributed by atoms with Gasteiger partial charge in [-0.25, -0.2) is 4.79 Å². The van der Waals surface area contributed by atoms with Crippen molar-refractivity contribution in [1.82, 2.24) is 0 Å². The van der Waals surface area contributed by atoms with Crippen LogP contribution in [0.5, 0.6) is 0 Å². The molecule has 20 heavy (non-hydrogen) atoms. The van der Waals surface area contributed by atoms with E-state index >= 15 is 0 Å². The molecular formula is C13H24O7. The lowest BCUT2D eigenvalue weighted by Gasteiger charge is -2.16. The molecule has 0 fully saturated rings. The lowest BCUT2D eigenvalue weighted by atomic mass is 10.6. The van der Waals surface area contributed by atoms with Gasteiger partial charge in [-0.3, -0.25) is 0 Å².